The Labute approximate surface area is 96.7 Å². The number of hydrogen-bond donors (Lipinski definition) is 0. The summed E-state index contributed by atoms with van der Waals surface area (Å²) in [4.78, 5) is 4.46. The lowest BCUT2D eigenvalue weighted by atomic mass is 10.1. The summed E-state index contributed by atoms with van der Waals surface area (Å²) in [7, 11) is 0. The fraction of sp³-hybridized carbons (Fsp3) is 0.167. The van der Waals surface area contributed by atoms with E-state index in [0.29, 0.717) is 5.56 Å². The Hall–Kier alpha value is -1.40. The zero-order chi connectivity index (χ0) is 11.0. The molecule has 0 aliphatic carbocycles. The molecule has 1 heterocycles. The maximum absolute atomic E-state index is 8.80. The predicted molar refractivity (Wildman–Crippen MR) is 63.6 cm³/mol. The molecule has 2 rings (SSSR count). The van der Waals surface area contributed by atoms with E-state index in [1.165, 1.54) is 0 Å². The number of rotatable bonds is 0. The molecule has 2 aromatic rings. The van der Waals surface area contributed by atoms with Crippen LogP contribution in [0.3, 0.4) is 0 Å². The molecule has 0 amide bonds. The second-order valence-corrected chi connectivity index (χ2v) is 4.27. The lowest BCUT2D eigenvalue weighted by Crippen LogP contribution is -1.91. The highest BCUT2D eigenvalue weighted by Crippen LogP contribution is 2.28. The third kappa shape index (κ3) is 1.62. The number of aryl methyl sites for hydroxylation is 1. The van der Waals surface area contributed by atoms with Gasteiger partial charge in [-0.05, 0) is 47.5 Å². The van der Waals surface area contributed by atoms with Crippen molar-refractivity contribution in [1.82, 2.24) is 4.98 Å². The first kappa shape index (κ1) is 10.1. The molecule has 0 aliphatic rings. The molecule has 0 atom stereocenters. The van der Waals surface area contributed by atoms with Crippen LogP contribution in [0.1, 0.15) is 16.8 Å². The molecule has 0 saturated heterocycles. The molecule has 0 saturated carbocycles. The van der Waals surface area contributed by atoms with Gasteiger partial charge in [0.05, 0.1) is 17.1 Å². The molecule has 0 unspecified atom stereocenters. The maximum Gasteiger partial charge on any atom is 0.0992 e. The lowest BCUT2D eigenvalue weighted by molar-refractivity contribution is 1.18. The van der Waals surface area contributed by atoms with Crippen molar-refractivity contribution in [3.05, 3.63) is 39.5 Å². The van der Waals surface area contributed by atoms with E-state index >= 15 is 0 Å². The van der Waals surface area contributed by atoms with Crippen molar-refractivity contribution in [2.75, 3.05) is 0 Å². The van der Waals surface area contributed by atoms with E-state index in [-0.39, 0.29) is 0 Å². The van der Waals surface area contributed by atoms with Crippen LogP contribution in [0.15, 0.2) is 22.7 Å². The summed E-state index contributed by atoms with van der Waals surface area (Å²) in [5, 5.41) is 9.85. The minimum atomic E-state index is 0.644. The van der Waals surface area contributed by atoms with Crippen molar-refractivity contribution in [3.8, 4) is 6.07 Å². The molecular weight excluding hydrogens is 252 g/mol. The van der Waals surface area contributed by atoms with Crippen molar-refractivity contribution in [2.45, 2.75) is 13.8 Å². The third-order valence-corrected chi connectivity index (χ3v) is 3.55. The molecule has 0 fully saturated rings. The Bertz CT molecular complexity index is 582. The highest BCUT2D eigenvalue weighted by atomic mass is 79.9. The molecular formula is C12H9BrN2. The van der Waals surface area contributed by atoms with Crippen LogP contribution in [-0.4, -0.2) is 4.98 Å². The van der Waals surface area contributed by atoms with Gasteiger partial charge < -0.3 is 0 Å². The SMILES string of the molecule is Cc1nc2cc(C#N)ccc2c(Br)c1C. The van der Waals surface area contributed by atoms with E-state index in [0.717, 1.165) is 26.6 Å². The lowest BCUT2D eigenvalue weighted by Gasteiger charge is -2.06. The normalized spacial score (nSPS) is 10.3. The first-order chi connectivity index (χ1) is 7.13. The standard InChI is InChI=1S/C12H9BrN2/c1-7-8(2)15-11-5-9(6-14)3-4-10(11)12(7)13/h3-5H,1-2H3. The highest BCUT2D eigenvalue weighted by molar-refractivity contribution is 9.10. The number of benzene rings is 1. The van der Waals surface area contributed by atoms with E-state index in [4.69, 9.17) is 5.26 Å². The van der Waals surface area contributed by atoms with E-state index in [2.05, 4.69) is 27.0 Å². The second-order valence-electron chi connectivity index (χ2n) is 3.48. The zero-order valence-electron chi connectivity index (χ0n) is 8.50. The molecule has 1 aromatic carbocycles. The minimum absolute atomic E-state index is 0.644. The van der Waals surface area contributed by atoms with E-state index in [9.17, 15) is 0 Å². The average Bonchev–Trinajstić information content (AvgIpc) is 2.25. The molecule has 0 bridgehead atoms. The van der Waals surface area contributed by atoms with Gasteiger partial charge >= 0.3 is 0 Å². The summed E-state index contributed by atoms with van der Waals surface area (Å²) < 4.78 is 1.06. The van der Waals surface area contributed by atoms with Gasteiger partial charge in [0, 0.05) is 15.6 Å². The summed E-state index contributed by atoms with van der Waals surface area (Å²) in [5.74, 6) is 0. The number of aromatic nitrogens is 1. The molecule has 15 heavy (non-hydrogen) atoms. The van der Waals surface area contributed by atoms with Crippen molar-refractivity contribution >= 4 is 26.8 Å². The van der Waals surface area contributed by atoms with Crippen LogP contribution in [0, 0.1) is 25.2 Å². The number of halogens is 1. The molecule has 74 valence electrons. The summed E-state index contributed by atoms with van der Waals surface area (Å²) in [6.07, 6.45) is 0. The van der Waals surface area contributed by atoms with Crippen LogP contribution in [0.25, 0.3) is 10.9 Å². The van der Waals surface area contributed by atoms with Gasteiger partial charge in [-0.3, -0.25) is 4.98 Å². The second kappa shape index (κ2) is 3.63. The van der Waals surface area contributed by atoms with Crippen molar-refractivity contribution in [3.63, 3.8) is 0 Å². The molecule has 0 spiro atoms. The number of fused-ring (bicyclic) bond motifs is 1. The summed E-state index contributed by atoms with van der Waals surface area (Å²) in [5.41, 5.74) is 3.64. The van der Waals surface area contributed by atoms with Crippen molar-refractivity contribution < 1.29 is 0 Å². The predicted octanol–water partition coefficient (Wildman–Crippen LogP) is 3.49. The molecule has 0 N–H and O–H groups in total. The van der Waals surface area contributed by atoms with Gasteiger partial charge in [-0.2, -0.15) is 5.26 Å². The number of nitriles is 1. The topological polar surface area (TPSA) is 36.7 Å². The van der Waals surface area contributed by atoms with E-state index in [1.807, 2.05) is 32.0 Å². The zero-order valence-corrected chi connectivity index (χ0v) is 10.1. The Morgan fingerprint density at radius 2 is 2.07 bits per heavy atom. The van der Waals surface area contributed by atoms with Gasteiger partial charge in [-0.15, -0.1) is 0 Å². The Morgan fingerprint density at radius 1 is 1.33 bits per heavy atom. The molecule has 3 heteroatoms. The van der Waals surface area contributed by atoms with Crippen LogP contribution < -0.4 is 0 Å². The van der Waals surface area contributed by atoms with Crippen LogP contribution in [0.4, 0.5) is 0 Å². The highest BCUT2D eigenvalue weighted by Gasteiger charge is 2.07. The molecule has 2 nitrogen and oxygen atoms in total. The Balaban J connectivity index is 2.87. The van der Waals surface area contributed by atoms with Gasteiger partial charge in [-0.25, -0.2) is 0 Å². The van der Waals surface area contributed by atoms with Crippen LogP contribution in [0.2, 0.25) is 0 Å². The summed E-state index contributed by atoms with van der Waals surface area (Å²) in [6, 6.07) is 7.67. The third-order valence-electron chi connectivity index (χ3n) is 2.52. The maximum atomic E-state index is 8.80. The van der Waals surface area contributed by atoms with Gasteiger partial charge in [0.15, 0.2) is 0 Å². The summed E-state index contributed by atoms with van der Waals surface area (Å²) in [6.45, 7) is 4.00. The Kier molecular flexibility index (Phi) is 2.45. The van der Waals surface area contributed by atoms with Gasteiger partial charge in [0.1, 0.15) is 0 Å². The van der Waals surface area contributed by atoms with Crippen LogP contribution in [0.5, 0.6) is 0 Å². The van der Waals surface area contributed by atoms with Gasteiger partial charge in [0.2, 0.25) is 0 Å². The fourth-order valence-corrected chi connectivity index (χ4v) is 2.13. The molecule has 1 aromatic heterocycles. The molecule has 0 radical (unpaired) electrons. The van der Waals surface area contributed by atoms with E-state index < -0.39 is 0 Å². The van der Waals surface area contributed by atoms with Crippen LogP contribution >= 0.6 is 15.9 Å². The minimum Gasteiger partial charge on any atom is -0.253 e. The Morgan fingerprint density at radius 3 is 2.73 bits per heavy atom. The van der Waals surface area contributed by atoms with Crippen molar-refractivity contribution in [1.29, 1.82) is 5.26 Å². The van der Waals surface area contributed by atoms with Crippen molar-refractivity contribution in [2.24, 2.45) is 0 Å². The number of nitrogens with zero attached hydrogens (tertiary/aromatic N) is 2. The smallest absolute Gasteiger partial charge is 0.0992 e. The van der Waals surface area contributed by atoms with Gasteiger partial charge in [0.25, 0.3) is 0 Å². The quantitative estimate of drug-likeness (QED) is 0.727. The first-order valence-corrected chi connectivity index (χ1v) is 5.39. The fourth-order valence-electron chi connectivity index (χ4n) is 1.50. The largest absolute Gasteiger partial charge is 0.253 e. The summed E-state index contributed by atoms with van der Waals surface area (Å²) >= 11 is 3.56. The number of hydrogen-bond acceptors (Lipinski definition) is 2. The van der Waals surface area contributed by atoms with E-state index in [1.54, 1.807) is 0 Å². The van der Waals surface area contributed by atoms with Gasteiger partial charge in [-0.1, -0.05) is 6.07 Å². The number of pyridine rings is 1. The average molecular weight is 261 g/mol. The first-order valence-electron chi connectivity index (χ1n) is 4.60. The molecule has 0 aliphatic heterocycles. The van der Waals surface area contributed by atoms with Crippen LogP contribution in [-0.2, 0) is 0 Å². The monoisotopic (exact) mass is 260 g/mol.